The van der Waals surface area contributed by atoms with Gasteiger partial charge in [0, 0.05) is 22.4 Å². The minimum atomic E-state index is -3.44. The second-order valence-electron chi connectivity index (χ2n) is 5.55. The lowest BCUT2D eigenvalue weighted by atomic mass is 10.1. The third kappa shape index (κ3) is 2.62. The van der Waals surface area contributed by atoms with Crippen LogP contribution in [0.4, 0.5) is 0 Å². The van der Waals surface area contributed by atoms with Gasteiger partial charge in [-0.25, -0.2) is 8.42 Å². The van der Waals surface area contributed by atoms with Crippen LogP contribution in [0.2, 0.25) is 0 Å². The SMILES string of the molecule is CC1CCCCN1S(=O)(=O)c1ccc(Br)c2ccccc12. The summed E-state index contributed by atoms with van der Waals surface area (Å²) in [7, 11) is -3.44. The van der Waals surface area contributed by atoms with Crippen molar-refractivity contribution >= 4 is 36.7 Å². The molecule has 112 valence electrons. The number of fused-ring (bicyclic) bond motifs is 1. The van der Waals surface area contributed by atoms with Crippen LogP contribution in [0.3, 0.4) is 0 Å². The van der Waals surface area contributed by atoms with Crippen LogP contribution < -0.4 is 0 Å². The predicted molar refractivity (Wildman–Crippen MR) is 88.9 cm³/mol. The molecule has 0 N–H and O–H groups in total. The van der Waals surface area contributed by atoms with Crippen LogP contribution in [0.1, 0.15) is 26.2 Å². The predicted octanol–water partition coefficient (Wildman–Crippen LogP) is 4.17. The van der Waals surface area contributed by atoms with Gasteiger partial charge in [0.1, 0.15) is 0 Å². The molecule has 1 aliphatic rings. The van der Waals surface area contributed by atoms with Gasteiger partial charge < -0.3 is 0 Å². The lowest BCUT2D eigenvalue weighted by Gasteiger charge is -2.32. The molecule has 1 unspecified atom stereocenters. The van der Waals surface area contributed by atoms with E-state index in [-0.39, 0.29) is 6.04 Å². The van der Waals surface area contributed by atoms with Gasteiger partial charge in [-0.1, -0.05) is 46.6 Å². The van der Waals surface area contributed by atoms with E-state index < -0.39 is 10.0 Å². The van der Waals surface area contributed by atoms with Crippen LogP contribution in [0.5, 0.6) is 0 Å². The summed E-state index contributed by atoms with van der Waals surface area (Å²) in [5.41, 5.74) is 0. The van der Waals surface area contributed by atoms with E-state index in [1.165, 1.54) is 0 Å². The third-order valence-electron chi connectivity index (χ3n) is 4.16. The number of sulfonamides is 1. The van der Waals surface area contributed by atoms with E-state index in [1.54, 1.807) is 10.4 Å². The summed E-state index contributed by atoms with van der Waals surface area (Å²) in [5, 5.41) is 1.72. The lowest BCUT2D eigenvalue weighted by molar-refractivity contribution is 0.269. The van der Waals surface area contributed by atoms with E-state index in [0.29, 0.717) is 11.4 Å². The first kappa shape index (κ1) is 15.0. The van der Waals surface area contributed by atoms with Crippen molar-refractivity contribution in [1.29, 1.82) is 0 Å². The largest absolute Gasteiger partial charge is 0.243 e. The van der Waals surface area contributed by atoms with Gasteiger partial charge in [-0.05, 0) is 37.3 Å². The van der Waals surface area contributed by atoms with Crippen LogP contribution in [0.15, 0.2) is 45.8 Å². The summed E-state index contributed by atoms with van der Waals surface area (Å²) in [6.45, 7) is 2.62. The number of hydrogen-bond acceptors (Lipinski definition) is 2. The maximum Gasteiger partial charge on any atom is 0.243 e. The van der Waals surface area contributed by atoms with Crippen LogP contribution in [-0.4, -0.2) is 25.3 Å². The number of hydrogen-bond donors (Lipinski definition) is 0. The molecule has 0 radical (unpaired) electrons. The fraction of sp³-hybridized carbons (Fsp3) is 0.375. The molecular formula is C16H18BrNO2S. The number of halogens is 1. The molecular weight excluding hydrogens is 350 g/mol. The van der Waals surface area contributed by atoms with Crippen molar-refractivity contribution < 1.29 is 8.42 Å². The Hall–Kier alpha value is -0.910. The van der Waals surface area contributed by atoms with Gasteiger partial charge >= 0.3 is 0 Å². The third-order valence-corrected chi connectivity index (χ3v) is 6.92. The fourth-order valence-corrected chi connectivity index (χ4v) is 5.39. The lowest BCUT2D eigenvalue weighted by Crippen LogP contribution is -2.41. The molecule has 0 spiro atoms. The molecule has 0 saturated carbocycles. The Kier molecular flexibility index (Phi) is 4.08. The zero-order valence-electron chi connectivity index (χ0n) is 11.9. The van der Waals surface area contributed by atoms with Crippen molar-refractivity contribution in [3.8, 4) is 0 Å². The summed E-state index contributed by atoms with van der Waals surface area (Å²) < 4.78 is 28.6. The number of benzene rings is 2. The Morgan fingerprint density at radius 2 is 1.81 bits per heavy atom. The molecule has 21 heavy (non-hydrogen) atoms. The molecule has 1 aliphatic heterocycles. The fourth-order valence-electron chi connectivity index (χ4n) is 3.01. The second kappa shape index (κ2) is 5.71. The highest BCUT2D eigenvalue weighted by Gasteiger charge is 2.32. The molecule has 3 nitrogen and oxygen atoms in total. The normalized spacial score (nSPS) is 20.8. The van der Waals surface area contributed by atoms with Crippen LogP contribution in [0, 0.1) is 0 Å². The number of rotatable bonds is 2. The summed E-state index contributed by atoms with van der Waals surface area (Å²) >= 11 is 3.50. The van der Waals surface area contributed by atoms with Gasteiger partial charge in [-0.3, -0.25) is 0 Å². The van der Waals surface area contributed by atoms with E-state index in [9.17, 15) is 8.42 Å². The smallest absolute Gasteiger partial charge is 0.207 e. The Morgan fingerprint density at radius 1 is 1.10 bits per heavy atom. The van der Waals surface area contributed by atoms with Gasteiger partial charge in [0.15, 0.2) is 0 Å². The van der Waals surface area contributed by atoms with Crippen LogP contribution >= 0.6 is 15.9 Å². The minimum Gasteiger partial charge on any atom is -0.207 e. The molecule has 5 heteroatoms. The molecule has 1 saturated heterocycles. The van der Waals surface area contributed by atoms with Crippen molar-refractivity contribution in [1.82, 2.24) is 4.31 Å². The quantitative estimate of drug-likeness (QED) is 0.798. The average Bonchev–Trinajstić information content (AvgIpc) is 2.48. The topological polar surface area (TPSA) is 37.4 Å². The highest BCUT2D eigenvalue weighted by molar-refractivity contribution is 9.10. The molecule has 1 fully saturated rings. The molecule has 1 atom stereocenters. The monoisotopic (exact) mass is 367 g/mol. The Morgan fingerprint density at radius 3 is 2.52 bits per heavy atom. The first-order chi connectivity index (χ1) is 10.0. The summed E-state index contributed by atoms with van der Waals surface area (Å²) in [6, 6.07) is 11.2. The van der Waals surface area contributed by atoms with Crippen molar-refractivity contribution in [3.63, 3.8) is 0 Å². The highest BCUT2D eigenvalue weighted by atomic mass is 79.9. The van der Waals surface area contributed by atoms with Crippen molar-refractivity contribution in [2.45, 2.75) is 37.1 Å². The van der Waals surface area contributed by atoms with Crippen LogP contribution in [0.25, 0.3) is 10.8 Å². The van der Waals surface area contributed by atoms with E-state index in [0.717, 1.165) is 34.5 Å². The van der Waals surface area contributed by atoms with Gasteiger partial charge in [-0.15, -0.1) is 0 Å². The maximum atomic E-state index is 13.0. The molecule has 3 rings (SSSR count). The van der Waals surface area contributed by atoms with E-state index >= 15 is 0 Å². The summed E-state index contributed by atoms with van der Waals surface area (Å²) in [6.07, 6.45) is 2.99. The molecule has 0 amide bonds. The van der Waals surface area contributed by atoms with Gasteiger partial charge in [0.25, 0.3) is 0 Å². The molecule has 0 aromatic heterocycles. The number of piperidine rings is 1. The Balaban J connectivity index is 2.17. The molecule has 1 heterocycles. The Bertz CT molecular complexity index is 773. The summed E-state index contributed by atoms with van der Waals surface area (Å²) in [4.78, 5) is 0.412. The molecule has 0 aliphatic carbocycles. The van der Waals surface area contributed by atoms with Crippen molar-refractivity contribution in [3.05, 3.63) is 40.9 Å². The van der Waals surface area contributed by atoms with E-state index in [1.807, 2.05) is 37.3 Å². The first-order valence-corrected chi connectivity index (χ1v) is 9.44. The van der Waals surface area contributed by atoms with Gasteiger partial charge in [-0.2, -0.15) is 4.31 Å². The minimum absolute atomic E-state index is 0.0751. The standard InChI is InChI=1S/C16H18BrNO2S/c1-12-6-4-5-11-18(12)21(19,20)16-10-9-15(17)13-7-2-3-8-14(13)16/h2-3,7-10,12H,4-6,11H2,1H3. The van der Waals surface area contributed by atoms with Crippen molar-refractivity contribution in [2.75, 3.05) is 6.54 Å². The summed E-state index contributed by atoms with van der Waals surface area (Å²) in [5.74, 6) is 0. The average molecular weight is 368 g/mol. The van der Waals surface area contributed by atoms with Crippen LogP contribution in [-0.2, 0) is 10.0 Å². The maximum absolute atomic E-state index is 13.0. The van der Waals surface area contributed by atoms with Gasteiger partial charge in [0.05, 0.1) is 4.90 Å². The molecule has 2 aromatic rings. The van der Waals surface area contributed by atoms with Crippen molar-refractivity contribution in [2.24, 2.45) is 0 Å². The highest BCUT2D eigenvalue weighted by Crippen LogP contribution is 2.33. The second-order valence-corrected chi connectivity index (χ2v) is 8.26. The number of nitrogens with zero attached hydrogens (tertiary/aromatic N) is 1. The van der Waals surface area contributed by atoms with E-state index in [4.69, 9.17) is 0 Å². The molecule has 2 aromatic carbocycles. The van der Waals surface area contributed by atoms with Gasteiger partial charge in [0.2, 0.25) is 10.0 Å². The zero-order chi connectivity index (χ0) is 15.0. The Labute approximate surface area is 134 Å². The van der Waals surface area contributed by atoms with E-state index in [2.05, 4.69) is 15.9 Å². The molecule has 0 bridgehead atoms. The zero-order valence-corrected chi connectivity index (χ0v) is 14.3. The first-order valence-electron chi connectivity index (χ1n) is 7.21.